The van der Waals surface area contributed by atoms with Crippen molar-refractivity contribution in [2.24, 2.45) is 11.7 Å². The van der Waals surface area contributed by atoms with Gasteiger partial charge in [0.1, 0.15) is 0 Å². The minimum atomic E-state index is 0.168. The largest absolute Gasteiger partial charge is 0.341 e. The monoisotopic (exact) mass is 216 g/mol. The Morgan fingerprint density at radius 3 is 2.93 bits per heavy atom. The van der Waals surface area contributed by atoms with Crippen LogP contribution < -0.4 is 5.73 Å². The molecule has 1 fully saturated rings. The van der Waals surface area contributed by atoms with Gasteiger partial charge < -0.3 is 10.6 Å². The second-order valence-corrected chi connectivity index (χ2v) is 5.00. The molecule has 1 aliphatic heterocycles. The average molecular weight is 216 g/mol. The molecule has 1 saturated heterocycles. The van der Waals surface area contributed by atoms with Gasteiger partial charge in [-0.15, -0.1) is 0 Å². The van der Waals surface area contributed by atoms with Crippen molar-refractivity contribution in [3.63, 3.8) is 0 Å². The van der Waals surface area contributed by atoms with E-state index in [1.165, 1.54) is 0 Å². The topological polar surface area (TPSA) is 46.3 Å². The second kappa shape index (κ2) is 5.61. The summed E-state index contributed by atoms with van der Waals surface area (Å²) in [4.78, 5) is 13.6. The van der Waals surface area contributed by atoms with E-state index in [1.807, 2.05) is 11.2 Å². The van der Waals surface area contributed by atoms with E-state index in [4.69, 9.17) is 5.73 Å². The van der Waals surface area contributed by atoms with Crippen LogP contribution in [0.4, 0.5) is 0 Å². The number of nitrogens with two attached hydrogens (primary N) is 1. The zero-order chi connectivity index (χ0) is 10.6. The Balaban J connectivity index is 2.34. The van der Waals surface area contributed by atoms with E-state index in [9.17, 15) is 4.79 Å². The van der Waals surface area contributed by atoms with Crippen molar-refractivity contribution in [1.29, 1.82) is 0 Å². The Hall–Kier alpha value is -0.220. The molecule has 0 bridgehead atoms. The van der Waals surface area contributed by atoms with Crippen LogP contribution in [0.1, 0.15) is 19.8 Å². The Labute approximate surface area is 90.4 Å². The Morgan fingerprint density at radius 1 is 1.64 bits per heavy atom. The number of likely N-dealkylation sites (tertiary alicyclic amines) is 1. The average Bonchev–Trinajstić information content (AvgIpc) is 2.18. The lowest BCUT2D eigenvalue weighted by Crippen LogP contribution is -2.49. The summed E-state index contributed by atoms with van der Waals surface area (Å²) >= 11 is 1.72. The molecule has 2 atom stereocenters. The molecule has 2 N–H and O–H groups in total. The summed E-state index contributed by atoms with van der Waals surface area (Å²) in [5.41, 5.74) is 5.94. The molecule has 82 valence electrons. The Bertz CT molecular complexity index is 199. The number of carbonyl (C=O) groups is 1. The van der Waals surface area contributed by atoms with Crippen LogP contribution in [0.3, 0.4) is 0 Å². The van der Waals surface area contributed by atoms with Crippen molar-refractivity contribution in [2.45, 2.75) is 25.8 Å². The number of hydrogen-bond donors (Lipinski definition) is 1. The predicted octanol–water partition coefficient (Wildman–Crippen LogP) is 0.935. The van der Waals surface area contributed by atoms with Gasteiger partial charge in [-0.2, -0.15) is 11.8 Å². The maximum Gasteiger partial charge on any atom is 0.223 e. The highest BCUT2D eigenvalue weighted by atomic mass is 32.2. The van der Waals surface area contributed by atoms with Crippen molar-refractivity contribution >= 4 is 17.7 Å². The normalized spacial score (nSPS) is 27.8. The molecular formula is C10H20N2OS. The van der Waals surface area contributed by atoms with E-state index in [-0.39, 0.29) is 11.9 Å². The van der Waals surface area contributed by atoms with E-state index in [0.29, 0.717) is 12.3 Å². The third-order valence-corrected chi connectivity index (χ3v) is 3.50. The van der Waals surface area contributed by atoms with E-state index in [2.05, 4.69) is 6.92 Å². The van der Waals surface area contributed by atoms with Crippen LogP contribution in [0.25, 0.3) is 0 Å². The molecular weight excluding hydrogens is 196 g/mol. The number of thioether (sulfide) groups is 1. The van der Waals surface area contributed by atoms with Gasteiger partial charge in [0, 0.05) is 31.3 Å². The maximum atomic E-state index is 11.7. The van der Waals surface area contributed by atoms with Gasteiger partial charge in [0.2, 0.25) is 5.91 Å². The van der Waals surface area contributed by atoms with Gasteiger partial charge in [0.25, 0.3) is 0 Å². The number of carbonyl (C=O) groups excluding carboxylic acids is 1. The van der Waals surface area contributed by atoms with Gasteiger partial charge >= 0.3 is 0 Å². The Morgan fingerprint density at radius 2 is 2.36 bits per heavy atom. The fourth-order valence-electron chi connectivity index (χ4n) is 1.67. The highest BCUT2D eigenvalue weighted by molar-refractivity contribution is 7.98. The van der Waals surface area contributed by atoms with E-state index < -0.39 is 0 Å². The lowest BCUT2D eigenvalue weighted by atomic mass is 9.94. The molecule has 4 heteroatoms. The first-order valence-electron chi connectivity index (χ1n) is 5.17. The summed E-state index contributed by atoms with van der Waals surface area (Å²) in [6.07, 6.45) is 3.73. The van der Waals surface area contributed by atoms with Crippen LogP contribution in [-0.2, 0) is 4.79 Å². The summed E-state index contributed by atoms with van der Waals surface area (Å²) in [7, 11) is 0. The van der Waals surface area contributed by atoms with Crippen molar-refractivity contribution in [2.75, 3.05) is 25.1 Å². The maximum absolute atomic E-state index is 11.7. The molecule has 1 amide bonds. The first-order valence-corrected chi connectivity index (χ1v) is 6.57. The summed E-state index contributed by atoms with van der Waals surface area (Å²) < 4.78 is 0. The smallest absolute Gasteiger partial charge is 0.223 e. The molecule has 1 aliphatic rings. The minimum Gasteiger partial charge on any atom is -0.341 e. The molecule has 3 nitrogen and oxygen atoms in total. The van der Waals surface area contributed by atoms with Crippen LogP contribution in [0.15, 0.2) is 0 Å². The third-order valence-electron chi connectivity index (χ3n) is 2.89. The van der Waals surface area contributed by atoms with E-state index in [1.54, 1.807) is 11.8 Å². The molecule has 2 unspecified atom stereocenters. The SMILES string of the molecule is CSCCC(=O)N1CCC(C)C(N)C1. The van der Waals surface area contributed by atoms with Crippen LogP contribution >= 0.6 is 11.8 Å². The van der Waals surface area contributed by atoms with Gasteiger partial charge in [0.15, 0.2) is 0 Å². The molecule has 0 saturated carbocycles. The van der Waals surface area contributed by atoms with E-state index in [0.717, 1.165) is 25.3 Å². The van der Waals surface area contributed by atoms with Gasteiger partial charge in [-0.05, 0) is 18.6 Å². The van der Waals surface area contributed by atoms with Crippen LogP contribution in [0.2, 0.25) is 0 Å². The minimum absolute atomic E-state index is 0.168. The molecule has 14 heavy (non-hydrogen) atoms. The lowest BCUT2D eigenvalue weighted by Gasteiger charge is -2.35. The van der Waals surface area contributed by atoms with Gasteiger partial charge in [-0.25, -0.2) is 0 Å². The van der Waals surface area contributed by atoms with Gasteiger partial charge in [-0.3, -0.25) is 4.79 Å². The molecule has 0 aliphatic carbocycles. The standard InChI is InChI=1S/C10H20N2OS/c1-8-3-5-12(7-9(8)11)10(13)4-6-14-2/h8-9H,3-7,11H2,1-2H3. The highest BCUT2D eigenvalue weighted by Crippen LogP contribution is 2.16. The second-order valence-electron chi connectivity index (χ2n) is 4.01. The zero-order valence-electron chi connectivity index (χ0n) is 9.03. The first-order chi connectivity index (χ1) is 6.65. The van der Waals surface area contributed by atoms with Crippen molar-refractivity contribution in [3.8, 4) is 0 Å². The highest BCUT2D eigenvalue weighted by Gasteiger charge is 2.25. The van der Waals surface area contributed by atoms with Gasteiger partial charge in [-0.1, -0.05) is 6.92 Å². The molecule has 1 rings (SSSR count). The quantitative estimate of drug-likeness (QED) is 0.763. The summed E-state index contributed by atoms with van der Waals surface area (Å²) in [6, 6.07) is 0.168. The Kier molecular flexibility index (Phi) is 4.75. The fraction of sp³-hybridized carbons (Fsp3) is 0.900. The van der Waals surface area contributed by atoms with Crippen LogP contribution in [0, 0.1) is 5.92 Å². The van der Waals surface area contributed by atoms with Crippen molar-refractivity contribution in [1.82, 2.24) is 4.90 Å². The molecule has 0 aromatic carbocycles. The molecule has 0 radical (unpaired) electrons. The number of nitrogens with zero attached hydrogens (tertiary/aromatic N) is 1. The molecule has 1 heterocycles. The number of amides is 1. The summed E-state index contributed by atoms with van der Waals surface area (Å²) in [5.74, 6) is 1.74. The third kappa shape index (κ3) is 3.17. The fourth-order valence-corrected chi connectivity index (χ4v) is 2.05. The van der Waals surface area contributed by atoms with E-state index >= 15 is 0 Å². The molecule has 0 aromatic heterocycles. The number of rotatable bonds is 3. The number of hydrogen-bond acceptors (Lipinski definition) is 3. The first kappa shape index (κ1) is 11.9. The zero-order valence-corrected chi connectivity index (χ0v) is 9.85. The summed E-state index contributed by atoms with van der Waals surface area (Å²) in [5, 5.41) is 0. The van der Waals surface area contributed by atoms with Gasteiger partial charge in [0.05, 0.1) is 0 Å². The predicted molar refractivity (Wildman–Crippen MR) is 61.3 cm³/mol. The van der Waals surface area contributed by atoms with Crippen molar-refractivity contribution in [3.05, 3.63) is 0 Å². The van der Waals surface area contributed by atoms with Crippen molar-refractivity contribution < 1.29 is 4.79 Å². The molecule has 0 spiro atoms. The van der Waals surface area contributed by atoms with Crippen LogP contribution in [0.5, 0.6) is 0 Å². The van der Waals surface area contributed by atoms with Crippen LogP contribution in [-0.4, -0.2) is 41.9 Å². The number of piperidine rings is 1. The molecule has 0 aromatic rings. The summed E-state index contributed by atoms with van der Waals surface area (Å²) in [6.45, 7) is 3.80. The lowest BCUT2D eigenvalue weighted by molar-refractivity contribution is -0.132.